The van der Waals surface area contributed by atoms with Gasteiger partial charge in [-0.3, -0.25) is 4.98 Å². The van der Waals surface area contributed by atoms with Crippen LogP contribution in [0.15, 0.2) is 48.9 Å². The third-order valence-corrected chi connectivity index (χ3v) is 3.77. The minimum Gasteiger partial charge on any atom is -0.496 e. The van der Waals surface area contributed by atoms with Crippen LogP contribution in [-0.2, 0) is 4.74 Å². The summed E-state index contributed by atoms with van der Waals surface area (Å²) >= 11 is 0. The molecule has 0 aliphatic rings. The monoisotopic (exact) mass is 348 g/mol. The number of ether oxygens (including phenoxy) is 2. The van der Waals surface area contributed by atoms with E-state index in [2.05, 4.69) is 21.4 Å². The highest BCUT2D eigenvalue weighted by atomic mass is 16.5. The molecular weight excluding hydrogens is 332 g/mol. The van der Waals surface area contributed by atoms with Crippen LogP contribution in [0.2, 0.25) is 0 Å². The Morgan fingerprint density at radius 1 is 1.23 bits per heavy atom. The lowest BCUT2D eigenvalue weighted by Crippen LogP contribution is -2.15. The maximum atomic E-state index is 12.4. The second-order valence-electron chi connectivity index (χ2n) is 5.31. The molecule has 0 radical (unpaired) electrons. The van der Waals surface area contributed by atoms with Crippen molar-refractivity contribution in [2.24, 2.45) is 0 Å². The van der Waals surface area contributed by atoms with E-state index < -0.39 is 5.97 Å². The molecule has 0 fully saturated rings. The van der Waals surface area contributed by atoms with Crippen molar-refractivity contribution in [2.75, 3.05) is 25.6 Å². The van der Waals surface area contributed by atoms with Gasteiger partial charge in [0.05, 0.1) is 24.8 Å². The molecule has 130 valence electrons. The van der Waals surface area contributed by atoms with E-state index in [9.17, 15) is 4.79 Å². The Hall–Kier alpha value is -3.66. The number of hydrogen-bond donors (Lipinski definition) is 1. The van der Waals surface area contributed by atoms with Gasteiger partial charge in [0, 0.05) is 29.4 Å². The lowest BCUT2D eigenvalue weighted by molar-refractivity contribution is 0.0523. The quantitative estimate of drug-likeness (QED) is 0.540. The van der Waals surface area contributed by atoms with Crippen LogP contribution < -0.4 is 10.1 Å². The van der Waals surface area contributed by atoms with Gasteiger partial charge in [-0.05, 0) is 30.3 Å². The standard InChI is InChI=1S/C19H16N4O3/c1-25-17-5-4-15(16-12-21-8-6-14(16)17)19(24)26-10-9-23-18-13(11-20)3-2-7-22-18/h2-8,12H,9-10H2,1H3,(H,22,23). The zero-order chi connectivity index (χ0) is 18.4. The Bertz CT molecular complexity index is 982. The second-order valence-corrected chi connectivity index (χ2v) is 5.31. The molecule has 3 rings (SSSR count). The van der Waals surface area contributed by atoms with Crippen LogP contribution in [0.25, 0.3) is 10.8 Å². The van der Waals surface area contributed by atoms with Crippen molar-refractivity contribution in [1.29, 1.82) is 5.26 Å². The van der Waals surface area contributed by atoms with Crippen molar-refractivity contribution >= 4 is 22.6 Å². The van der Waals surface area contributed by atoms with Crippen molar-refractivity contribution in [3.8, 4) is 11.8 Å². The molecule has 26 heavy (non-hydrogen) atoms. The summed E-state index contributed by atoms with van der Waals surface area (Å²) in [5.41, 5.74) is 0.857. The van der Waals surface area contributed by atoms with E-state index in [4.69, 9.17) is 14.7 Å². The largest absolute Gasteiger partial charge is 0.496 e. The number of nitrogens with zero attached hydrogens (tertiary/aromatic N) is 3. The molecular formula is C19H16N4O3. The molecule has 0 unspecified atom stereocenters. The molecule has 2 heterocycles. The number of anilines is 1. The zero-order valence-electron chi connectivity index (χ0n) is 14.1. The van der Waals surface area contributed by atoms with Crippen LogP contribution in [0, 0.1) is 11.3 Å². The van der Waals surface area contributed by atoms with Gasteiger partial charge in [-0.1, -0.05) is 0 Å². The number of hydrogen-bond acceptors (Lipinski definition) is 7. The molecule has 0 aliphatic carbocycles. The van der Waals surface area contributed by atoms with Gasteiger partial charge in [0.15, 0.2) is 0 Å². The predicted octanol–water partition coefficient (Wildman–Crippen LogP) is 2.78. The first kappa shape index (κ1) is 17.2. The first-order chi connectivity index (χ1) is 12.7. The van der Waals surface area contributed by atoms with Gasteiger partial charge in [-0.15, -0.1) is 0 Å². The van der Waals surface area contributed by atoms with Crippen LogP contribution in [0.3, 0.4) is 0 Å². The number of pyridine rings is 2. The third kappa shape index (κ3) is 3.54. The van der Waals surface area contributed by atoms with Crippen LogP contribution in [-0.4, -0.2) is 36.2 Å². The van der Waals surface area contributed by atoms with E-state index in [1.54, 1.807) is 56.0 Å². The fraction of sp³-hybridized carbons (Fsp3) is 0.158. The Labute approximate surface area is 150 Å². The molecule has 1 N–H and O–H groups in total. The summed E-state index contributed by atoms with van der Waals surface area (Å²) < 4.78 is 10.6. The average molecular weight is 348 g/mol. The molecule has 0 saturated heterocycles. The number of rotatable bonds is 6. The molecule has 0 aliphatic heterocycles. The van der Waals surface area contributed by atoms with E-state index in [0.717, 1.165) is 5.39 Å². The fourth-order valence-corrected chi connectivity index (χ4v) is 2.55. The van der Waals surface area contributed by atoms with Crippen molar-refractivity contribution in [1.82, 2.24) is 9.97 Å². The molecule has 0 spiro atoms. The van der Waals surface area contributed by atoms with E-state index in [-0.39, 0.29) is 6.61 Å². The molecule has 7 nitrogen and oxygen atoms in total. The molecule has 3 aromatic rings. The molecule has 0 bridgehead atoms. The smallest absolute Gasteiger partial charge is 0.338 e. The van der Waals surface area contributed by atoms with Gasteiger partial charge < -0.3 is 14.8 Å². The summed E-state index contributed by atoms with van der Waals surface area (Å²) in [5, 5.41) is 13.5. The van der Waals surface area contributed by atoms with E-state index in [1.165, 1.54) is 0 Å². The minimum atomic E-state index is -0.450. The van der Waals surface area contributed by atoms with E-state index in [0.29, 0.717) is 34.6 Å². The number of methoxy groups -OCH3 is 1. The predicted molar refractivity (Wildman–Crippen MR) is 96.0 cm³/mol. The van der Waals surface area contributed by atoms with Gasteiger partial charge in [0.25, 0.3) is 0 Å². The summed E-state index contributed by atoms with van der Waals surface area (Å²) in [7, 11) is 1.58. The fourth-order valence-electron chi connectivity index (χ4n) is 2.55. The lowest BCUT2D eigenvalue weighted by atomic mass is 10.1. The average Bonchev–Trinajstić information content (AvgIpc) is 2.70. The molecule has 0 amide bonds. The number of carbonyl (C=O) groups is 1. The SMILES string of the molecule is COc1ccc(C(=O)OCCNc2ncccc2C#N)c2cnccc12. The zero-order valence-corrected chi connectivity index (χ0v) is 14.1. The highest BCUT2D eigenvalue weighted by Crippen LogP contribution is 2.28. The highest BCUT2D eigenvalue weighted by Gasteiger charge is 2.14. The van der Waals surface area contributed by atoms with Gasteiger partial charge in [0.1, 0.15) is 24.2 Å². The van der Waals surface area contributed by atoms with Crippen LogP contribution >= 0.6 is 0 Å². The van der Waals surface area contributed by atoms with Crippen molar-refractivity contribution in [3.63, 3.8) is 0 Å². The van der Waals surface area contributed by atoms with E-state index >= 15 is 0 Å². The Kier molecular flexibility index (Phi) is 5.25. The number of benzene rings is 1. The minimum absolute atomic E-state index is 0.133. The van der Waals surface area contributed by atoms with Crippen molar-refractivity contribution in [3.05, 3.63) is 60.0 Å². The highest BCUT2D eigenvalue weighted by molar-refractivity contribution is 6.06. The first-order valence-corrected chi connectivity index (χ1v) is 7.91. The molecule has 1 aromatic carbocycles. The Morgan fingerprint density at radius 3 is 2.92 bits per heavy atom. The van der Waals surface area contributed by atoms with Gasteiger partial charge in [-0.2, -0.15) is 5.26 Å². The van der Waals surface area contributed by atoms with Crippen molar-refractivity contribution < 1.29 is 14.3 Å². The molecule has 0 saturated carbocycles. The maximum Gasteiger partial charge on any atom is 0.338 e. The normalized spacial score (nSPS) is 10.2. The summed E-state index contributed by atoms with van der Waals surface area (Å²) in [5.74, 6) is 0.680. The topological polar surface area (TPSA) is 97.1 Å². The Balaban J connectivity index is 1.66. The number of fused-ring (bicyclic) bond motifs is 1. The van der Waals surface area contributed by atoms with Crippen molar-refractivity contribution in [2.45, 2.75) is 0 Å². The third-order valence-electron chi connectivity index (χ3n) is 3.77. The lowest BCUT2D eigenvalue weighted by Gasteiger charge is -2.11. The van der Waals surface area contributed by atoms with Crippen LogP contribution in [0.4, 0.5) is 5.82 Å². The van der Waals surface area contributed by atoms with Crippen LogP contribution in [0.1, 0.15) is 15.9 Å². The number of aromatic nitrogens is 2. The first-order valence-electron chi connectivity index (χ1n) is 7.91. The van der Waals surface area contributed by atoms with Gasteiger partial charge in [0.2, 0.25) is 0 Å². The summed E-state index contributed by atoms with van der Waals surface area (Å²) in [6, 6.07) is 10.6. The van der Waals surface area contributed by atoms with Gasteiger partial charge in [-0.25, -0.2) is 9.78 Å². The summed E-state index contributed by atoms with van der Waals surface area (Å²) in [4.78, 5) is 20.6. The Morgan fingerprint density at radius 2 is 2.12 bits per heavy atom. The summed E-state index contributed by atoms with van der Waals surface area (Å²) in [6.07, 6.45) is 4.84. The second kappa shape index (κ2) is 7.94. The van der Waals surface area contributed by atoms with Crippen LogP contribution in [0.5, 0.6) is 5.75 Å². The number of nitrogens with one attached hydrogen (secondary N) is 1. The van der Waals surface area contributed by atoms with Gasteiger partial charge >= 0.3 is 5.97 Å². The molecule has 2 aromatic heterocycles. The number of carbonyl (C=O) groups excluding carboxylic acids is 1. The molecule has 7 heteroatoms. The summed E-state index contributed by atoms with van der Waals surface area (Å²) in [6.45, 7) is 0.470. The van der Waals surface area contributed by atoms with E-state index in [1.807, 2.05) is 0 Å². The maximum absolute atomic E-state index is 12.4. The number of esters is 1. The molecule has 0 atom stereocenters. The number of nitriles is 1.